The van der Waals surface area contributed by atoms with Gasteiger partial charge in [0.05, 0.1) is 11.7 Å². The average Bonchev–Trinajstić information content (AvgIpc) is 3.07. The minimum atomic E-state index is 0.236. The van der Waals surface area contributed by atoms with Crippen molar-refractivity contribution in [2.75, 3.05) is 6.54 Å². The van der Waals surface area contributed by atoms with E-state index in [0.717, 1.165) is 11.6 Å². The van der Waals surface area contributed by atoms with Gasteiger partial charge in [0.2, 0.25) is 0 Å². The predicted molar refractivity (Wildman–Crippen MR) is 83.2 cm³/mol. The van der Waals surface area contributed by atoms with Crippen LogP contribution in [0.15, 0.2) is 24.3 Å². The Morgan fingerprint density at radius 2 is 2.05 bits per heavy atom. The average molecular weight is 294 g/mol. The van der Waals surface area contributed by atoms with Crippen molar-refractivity contribution in [1.82, 2.24) is 5.32 Å². The van der Waals surface area contributed by atoms with Gasteiger partial charge in [0.1, 0.15) is 0 Å². The zero-order valence-corrected chi connectivity index (χ0v) is 13.0. The standard InChI is InChI=1S/C17H24ClNO/c1-13(15-6-2-3-7-16(15)18)19-12-14-8-11-17(20-14)9-4-5-10-17/h2-3,6-7,13-14,19H,4-5,8-12H2,1H3/t13-,14?/m0/s1. The van der Waals surface area contributed by atoms with Crippen LogP contribution in [-0.4, -0.2) is 18.2 Å². The Hall–Kier alpha value is -0.570. The molecule has 1 saturated heterocycles. The zero-order chi connectivity index (χ0) is 14.0. The topological polar surface area (TPSA) is 21.3 Å². The second-order valence-electron chi connectivity index (χ2n) is 6.32. The quantitative estimate of drug-likeness (QED) is 0.883. The maximum atomic E-state index is 6.33. The molecule has 1 unspecified atom stereocenters. The third kappa shape index (κ3) is 3.03. The van der Waals surface area contributed by atoms with Gasteiger partial charge in [-0.2, -0.15) is 0 Å². The van der Waals surface area contributed by atoms with Gasteiger partial charge in [-0.25, -0.2) is 0 Å². The SMILES string of the molecule is C[C@H](NCC1CCC2(CCCC2)O1)c1ccccc1Cl. The monoisotopic (exact) mass is 293 g/mol. The minimum absolute atomic E-state index is 0.236. The fourth-order valence-electron chi connectivity index (χ4n) is 3.67. The van der Waals surface area contributed by atoms with E-state index in [2.05, 4.69) is 18.3 Å². The van der Waals surface area contributed by atoms with Crippen LogP contribution >= 0.6 is 11.6 Å². The van der Waals surface area contributed by atoms with Gasteiger partial charge in [-0.05, 0) is 44.2 Å². The molecule has 0 amide bonds. The van der Waals surface area contributed by atoms with E-state index in [4.69, 9.17) is 16.3 Å². The second-order valence-corrected chi connectivity index (χ2v) is 6.73. The molecular formula is C17H24ClNO. The Morgan fingerprint density at radius 1 is 1.30 bits per heavy atom. The van der Waals surface area contributed by atoms with Crippen LogP contribution in [0.5, 0.6) is 0 Å². The Morgan fingerprint density at radius 3 is 2.80 bits per heavy atom. The summed E-state index contributed by atoms with van der Waals surface area (Å²) in [6, 6.07) is 8.33. The number of rotatable bonds is 4. The highest BCUT2D eigenvalue weighted by Gasteiger charge is 2.41. The Bertz CT molecular complexity index is 456. The number of benzene rings is 1. The lowest BCUT2D eigenvalue weighted by atomic mass is 9.98. The van der Waals surface area contributed by atoms with Crippen LogP contribution in [0.25, 0.3) is 0 Å². The molecule has 1 aliphatic heterocycles. The van der Waals surface area contributed by atoms with E-state index >= 15 is 0 Å². The first-order valence-electron chi connectivity index (χ1n) is 7.84. The Balaban J connectivity index is 1.52. The van der Waals surface area contributed by atoms with E-state index in [1.165, 1.54) is 44.1 Å². The van der Waals surface area contributed by atoms with Crippen molar-refractivity contribution in [3.63, 3.8) is 0 Å². The van der Waals surface area contributed by atoms with Crippen molar-refractivity contribution < 1.29 is 4.74 Å². The summed E-state index contributed by atoms with van der Waals surface area (Å²) in [5, 5.41) is 4.42. The molecule has 0 aromatic heterocycles. The maximum absolute atomic E-state index is 6.33. The smallest absolute Gasteiger partial charge is 0.0708 e. The van der Waals surface area contributed by atoms with Crippen molar-refractivity contribution in [2.45, 2.75) is 63.2 Å². The highest BCUT2D eigenvalue weighted by atomic mass is 35.5. The first-order chi connectivity index (χ1) is 9.69. The molecule has 1 saturated carbocycles. The number of nitrogens with one attached hydrogen (secondary N) is 1. The largest absolute Gasteiger partial charge is 0.370 e. The molecule has 2 aliphatic rings. The first-order valence-corrected chi connectivity index (χ1v) is 8.22. The van der Waals surface area contributed by atoms with Gasteiger partial charge in [0.15, 0.2) is 0 Å². The summed E-state index contributed by atoms with van der Waals surface area (Å²) in [6.45, 7) is 3.09. The maximum Gasteiger partial charge on any atom is 0.0708 e. The lowest BCUT2D eigenvalue weighted by Gasteiger charge is -2.25. The molecule has 1 heterocycles. The van der Waals surface area contributed by atoms with Crippen LogP contribution in [-0.2, 0) is 4.74 Å². The van der Waals surface area contributed by atoms with Crippen LogP contribution in [0.1, 0.15) is 57.1 Å². The van der Waals surface area contributed by atoms with E-state index in [9.17, 15) is 0 Å². The summed E-state index contributed by atoms with van der Waals surface area (Å²) in [5.74, 6) is 0. The molecule has 2 nitrogen and oxygen atoms in total. The van der Waals surface area contributed by atoms with E-state index in [1.54, 1.807) is 0 Å². The number of hydrogen-bond donors (Lipinski definition) is 1. The van der Waals surface area contributed by atoms with Crippen LogP contribution in [0, 0.1) is 0 Å². The van der Waals surface area contributed by atoms with Crippen molar-refractivity contribution in [3.8, 4) is 0 Å². The molecule has 1 aromatic carbocycles. The molecular weight excluding hydrogens is 270 g/mol. The van der Waals surface area contributed by atoms with Crippen LogP contribution < -0.4 is 5.32 Å². The summed E-state index contributed by atoms with van der Waals surface area (Å²) < 4.78 is 6.33. The lowest BCUT2D eigenvalue weighted by Crippen LogP contribution is -2.32. The van der Waals surface area contributed by atoms with Gasteiger partial charge in [-0.15, -0.1) is 0 Å². The summed E-state index contributed by atoms with van der Waals surface area (Å²) in [6.07, 6.45) is 8.04. The number of halogens is 1. The van der Waals surface area contributed by atoms with Gasteiger partial charge in [-0.1, -0.05) is 42.6 Å². The summed E-state index contributed by atoms with van der Waals surface area (Å²) in [7, 11) is 0. The van der Waals surface area contributed by atoms with E-state index in [0.29, 0.717) is 6.10 Å². The third-order valence-electron chi connectivity index (χ3n) is 4.88. The molecule has 0 radical (unpaired) electrons. The molecule has 110 valence electrons. The van der Waals surface area contributed by atoms with E-state index < -0.39 is 0 Å². The summed E-state index contributed by atoms with van der Waals surface area (Å²) in [4.78, 5) is 0. The second kappa shape index (κ2) is 6.05. The highest BCUT2D eigenvalue weighted by molar-refractivity contribution is 6.31. The summed E-state index contributed by atoms with van der Waals surface area (Å²) in [5.41, 5.74) is 1.41. The Labute approximate surface area is 126 Å². The first kappa shape index (κ1) is 14.4. The number of ether oxygens (including phenoxy) is 1. The molecule has 1 spiro atoms. The van der Waals surface area contributed by atoms with Crippen LogP contribution in [0.3, 0.4) is 0 Å². The predicted octanol–water partition coefficient (Wildman–Crippen LogP) is 4.48. The Kier molecular flexibility index (Phi) is 4.34. The zero-order valence-electron chi connectivity index (χ0n) is 12.2. The van der Waals surface area contributed by atoms with Crippen molar-refractivity contribution in [2.24, 2.45) is 0 Å². The third-order valence-corrected chi connectivity index (χ3v) is 5.22. The molecule has 3 heteroatoms. The highest BCUT2D eigenvalue weighted by Crippen LogP contribution is 2.43. The van der Waals surface area contributed by atoms with Crippen LogP contribution in [0.4, 0.5) is 0 Å². The van der Waals surface area contributed by atoms with Gasteiger partial charge in [-0.3, -0.25) is 0 Å². The van der Waals surface area contributed by atoms with Crippen molar-refractivity contribution in [1.29, 1.82) is 0 Å². The molecule has 1 N–H and O–H groups in total. The molecule has 2 atom stereocenters. The molecule has 1 aliphatic carbocycles. The van der Waals surface area contributed by atoms with E-state index in [1.807, 2.05) is 18.2 Å². The fourth-order valence-corrected chi connectivity index (χ4v) is 3.97. The molecule has 1 aromatic rings. The fraction of sp³-hybridized carbons (Fsp3) is 0.647. The van der Waals surface area contributed by atoms with Gasteiger partial charge < -0.3 is 10.1 Å². The molecule has 0 bridgehead atoms. The van der Waals surface area contributed by atoms with Gasteiger partial charge >= 0.3 is 0 Å². The lowest BCUT2D eigenvalue weighted by molar-refractivity contribution is -0.0357. The van der Waals surface area contributed by atoms with Gasteiger partial charge in [0.25, 0.3) is 0 Å². The van der Waals surface area contributed by atoms with Crippen molar-refractivity contribution in [3.05, 3.63) is 34.9 Å². The van der Waals surface area contributed by atoms with E-state index in [-0.39, 0.29) is 11.6 Å². The normalized spacial score (nSPS) is 26.2. The molecule has 20 heavy (non-hydrogen) atoms. The molecule has 2 fully saturated rings. The van der Waals surface area contributed by atoms with Crippen LogP contribution in [0.2, 0.25) is 5.02 Å². The van der Waals surface area contributed by atoms with Crippen molar-refractivity contribution >= 4 is 11.6 Å². The molecule has 3 rings (SSSR count). The minimum Gasteiger partial charge on any atom is -0.370 e. The van der Waals surface area contributed by atoms with Gasteiger partial charge in [0, 0.05) is 17.6 Å². The number of hydrogen-bond acceptors (Lipinski definition) is 2. The summed E-state index contributed by atoms with van der Waals surface area (Å²) >= 11 is 6.24.